The van der Waals surface area contributed by atoms with E-state index in [0.29, 0.717) is 44.5 Å². The summed E-state index contributed by atoms with van der Waals surface area (Å²) in [5.41, 5.74) is 5.97. The van der Waals surface area contributed by atoms with Gasteiger partial charge in [0.25, 0.3) is 0 Å². The molecule has 1 aromatic rings. The maximum Gasteiger partial charge on any atom is 0.326 e. The molecule has 34 heteroatoms. The minimum atomic E-state index is -1.81. The summed E-state index contributed by atoms with van der Waals surface area (Å²) in [6, 6.07) is -17.4. The van der Waals surface area contributed by atoms with Gasteiger partial charge in [-0.3, -0.25) is 67.1 Å². The molecule has 0 spiro atoms. The number of rotatable bonds is 45. The highest BCUT2D eigenvalue weighted by molar-refractivity contribution is 6.00. The lowest BCUT2D eigenvalue weighted by molar-refractivity contribution is -0.143. The zero-order chi connectivity index (χ0) is 75.1. The predicted octanol–water partition coefficient (Wildman–Crippen LogP) is -1.78. The van der Waals surface area contributed by atoms with E-state index in [1.165, 1.54) is 40.2 Å². The number of carboxylic acids is 3. The number of aromatic nitrogens is 2. The first-order valence-corrected chi connectivity index (χ1v) is 34.0. The number of unbranched alkanes of at least 4 members (excludes halogenated alkanes) is 1. The van der Waals surface area contributed by atoms with Crippen LogP contribution in [0.4, 0.5) is 0 Å². The first kappa shape index (κ1) is 86.3. The van der Waals surface area contributed by atoms with Crippen molar-refractivity contribution in [3.8, 4) is 0 Å². The van der Waals surface area contributed by atoms with Gasteiger partial charge in [-0.05, 0) is 114 Å². The number of carbonyl (C=O) groups is 15. The molecule has 0 bridgehead atoms. The minimum absolute atomic E-state index is 0.00341. The van der Waals surface area contributed by atoms with Crippen molar-refractivity contribution in [1.29, 1.82) is 0 Å². The highest BCUT2D eigenvalue weighted by Crippen LogP contribution is 2.16. The van der Waals surface area contributed by atoms with Crippen LogP contribution in [0, 0.1) is 35.5 Å². The smallest absolute Gasteiger partial charge is 0.326 e. The van der Waals surface area contributed by atoms with Crippen LogP contribution in [0.15, 0.2) is 12.5 Å². The Labute approximate surface area is 578 Å². The standard InChI is InChI=1S/C65H110N16O18/c1-15-36(12)52(81-55(88)40-20-18-24-68-40)64(97)80-51(35(10)11)63(96)77-46(28-48(84)85)60(93)78-49(33(6)7)61(94)71-38(14)53(86)72-41(21-22-47(82)83)56(89)70-37(13)54(87)74-43(25-31(2)3)57(90)75-44(26-32(4)5)58(91)76-45(27-39-29-67-30-69-39)59(92)79-50(34(8)9)62(95)73-42(65(98)99)19-16-17-23-66/h29-38,40-46,49-52,68H,15-28,66H2,1-14H3,(H,67,69)(H,70,89)(H,71,94)(H,72,86)(H,73,95)(H,74,87)(H,75,90)(H,76,91)(H,77,96)(H,78,93)(H,79,92)(H,80,97)(H,81,88)(H,82,83)(H,84,85)(H,98,99)/t36-,37-,38-,40-,41-,42-,43-,44-,45-,46-,49-,50-,51-,52-/m0/s1. The Bertz CT molecular complexity index is 2900. The van der Waals surface area contributed by atoms with E-state index < -0.39 is 198 Å². The monoisotopic (exact) mass is 1400 g/mol. The molecule has 34 nitrogen and oxygen atoms in total. The Morgan fingerprint density at radius 1 is 0.485 bits per heavy atom. The highest BCUT2D eigenvalue weighted by Gasteiger charge is 2.39. The van der Waals surface area contributed by atoms with E-state index in [9.17, 15) is 87.2 Å². The number of hydrogen-bond donors (Lipinski definition) is 18. The van der Waals surface area contributed by atoms with Gasteiger partial charge in [0.05, 0.1) is 18.8 Å². The Balaban J connectivity index is 2.30. The molecule has 0 radical (unpaired) electrons. The lowest BCUT2D eigenvalue weighted by atomic mass is 9.96. The summed E-state index contributed by atoms with van der Waals surface area (Å²) in [5, 5.41) is 62.9. The van der Waals surface area contributed by atoms with Crippen LogP contribution in [0.2, 0.25) is 0 Å². The lowest BCUT2D eigenvalue weighted by Crippen LogP contribution is -2.62. The van der Waals surface area contributed by atoms with Crippen molar-refractivity contribution in [3.05, 3.63) is 18.2 Å². The lowest BCUT2D eigenvalue weighted by Gasteiger charge is -2.30. The number of hydrogen-bond acceptors (Lipinski definition) is 18. The Morgan fingerprint density at radius 2 is 0.909 bits per heavy atom. The van der Waals surface area contributed by atoms with E-state index in [2.05, 4.69) is 79.1 Å². The second-order valence-corrected chi connectivity index (χ2v) is 27.2. The van der Waals surface area contributed by atoms with Gasteiger partial charge in [-0.15, -0.1) is 0 Å². The predicted molar refractivity (Wildman–Crippen MR) is 360 cm³/mol. The summed E-state index contributed by atoms with van der Waals surface area (Å²) in [6.45, 7) is 23.5. The van der Waals surface area contributed by atoms with Gasteiger partial charge >= 0.3 is 17.9 Å². The Kier molecular flexibility index (Phi) is 37.4. The first-order chi connectivity index (χ1) is 46.3. The third-order valence-electron chi connectivity index (χ3n) is 16.6. The second-order valence-electron chi connectivity index (χ2n) is 27.2. The van der Waals surface area contributed by atoms with Crippen LogP contribution < -0.4 is 74.9 Å². The SMILES string of the molecule is CC[C@H](C)[C@H](NC(=O)[C@@H]1CCCN1)C(=O)N[C@H](C(=O)N[C@@H](CC(=O)O)C(=O)N[C@H](C(=O)N[C@@H](C)C(=O)N[C@@H](CCC(=O)O)C(=O)N[C@@H](C)C(=O)N[C@@H](CC(C)C)C(=O)N[C@@H](CC(C)C)C(=O)N[C@@H](Cc1cnc[nH]1)C(=O)N[C@H](C(=O)N[C@@H](CCCCN)C(=O)O)C(C)C)C(C)C)C(C)C. The average molecular weight is 1400 g/mol. The molecule has 2 rings (SSSR count). The van der Waals surface area contributed by atoms with E-state index in [1.54, 1.807) is 62.3 Å². The molecule has 19 N–H and O–H groups in total. The number of nitrogens with two attached hydrogens (primary N) is 1. The fourth-order valence-corrected chi connectivity index (χ4v) is 10.5. The maximum absolute atomic E-state index is 14.3. The molecule has 99 heavy (non-hydrogen) atoms. The zero-order valence-corrected chi connectivity index (χ0v) is 59.5. The van der Waals surface area contributed by atoms with Crippen LogP contribution in [0.25, 0.3) is 0 Å². The first-order valence-electron chi connectivity index (χ1n) is 34.0. The van der Waals surface area contributed by atoms with E-state index in [0.717, 1.165) is 6.42 Å². The molecule has 558 valence electrons. The molecule has 1 saturated heterocycles. The summed E-state index contributed by atoms with van der Waals surface area (Å²) < 4.78 is 0. The molecule has 0 aromatic carbocycles. The third kappa shape index (κ3) is 30.5. The van der Waals surface area contributed by atoms with Crippen molar-refractivity contribution in [1.82, 2.24) is 79.1 Å². The molecule has 1 fully saturated rings. The van der Waals surface area contributed by atoms with Crippen LogP contribution in [0.3, 0.4) is 0 Å². The van der Waals surface area contributed by atoms with E-state index in [4.69, 9.17) is 5.73 Å². The van der Waals surface area contributed by atoms with Gasteiger partial charge < -0.3 is 95.2 Å². The zero-order valence-electron chi connectivity index (χ0n) is 59.5. The van der Waals surface area contributed by atoms with Crippen LogP contribution in [-0.4, -0.2) is 206 Å². The third-order valence-corrected chi connectivity index (χ3v) is 16.6. The largest absolute Gasteiger partial charge is 0.481 e. The van der Waals surface area contributed by atoms with Crippen LogP contribution in [-0.2, 0) is 78.3 Å². The number of imidazole rings is 1. The molecule has 12 amide bonds. The van der Waals surface area contributed by atoms with E-state index in [-0.39, 0.29) is 49.3 Å². The van der Waals surface area contributed by atoms with Crippen molar-refractivity contribution < 1.29 is 87.2 Å². The van der Waals surface area contributed by atoms with Crippen LogP contribution >= 0.6 is 0 Å². The van der Waals surface area contributed by atoms with Crippen molar-refractivity contribution >= 4 is 88.8 Å². The summed E-state index contributed by atoms with van der Waals surface area (Å²) in [6.07, 6.45) is 3.26. The summed E-state index contributed by atoms with van der Waals surface area (Å²) in [4.78, 5) is 209. The fourth-order valence-electron chi connectivity index (χ4n) is 10.5. The van der Waals surface area contributed by atoms with Crippen molar-refractivity contribution in [3.63, 3.8) is 0 Å². The Morgan fingerprint density at radius 3 is 1.34 bits per heavy atom. The molecule has 14 atom stereocenters. The number of H-pyrrole nitrogens is 1. The number of carbonyl (C=O) groups excluding carboxylic acids is 12. The van der Waals surface area contributed by atoms with Gasteiger partial charge in [0, 0.05) is 24.7 Å². The van der Waals surface area contributed by atoms with Crippen LogP contribution in [0.1, 0.15) is 173 Å². The summed E-state index contributed by atoms with van der Waals surface area (Å²) in [7, 11) is 0. The summed E-state index contributed by atoms with van der Waals surface area (Å²) >= 11 is 0. The van der Waals surface area contributed by atoms with Crippen molar-refractivity contribution in [2.45, 2.75) is 253 Å². The number of nitrogens with one attached hydrogen (secondary N) is 14. The molecule has 0 unspecified atom stereocenters. The molecule has 0 saturated carbocycles. The molecule has 1 aromatic heterocycles. The van der Waals surface area contributed by atoms with Gasteiger partial charge in [-0.1, -0.05) is 89.5 Å². The molecule has 1 aliphatic rings. The normalized spacial score (nSPS) is 16.9. The number of amides is 12. The molecular formula is C65H110N16O18. The van der Waals surface area contributed by atoms with Crippen LogP contribution in [0.5, 0.6) is 0 Å². The minimum Gasteiger partial charge on any atom is -0.481 e. The molecular weight excluding hydrogens is 1290 g/mol. The van der Waals surface area contributed by atoms with Gasteiger partial charge in [0.2, 0.25) is 70.9 Å². The van der Waals surface area contributed by atoms with E-state index >= 15 is 0 Å². The van der Waals surface area contributed by atoms with E-state index in [1.807, 2.05) is 6.92 Å². The molecule has 0 aliphatic carbocycles. The average Bonchev–Trinajstić information content (AvgIpc) is 1.54. The number of aromatic amines is 1. The van der Waals surface area contributed by atoms with Crippen molar-refractivity contribution in [2.24, 2.45) is 41.2 Å². The van der Waals surface area contributed by atoms with Gasteiger partial charge in [0.15, 0.2) is 0 Å². The molecule has 1 aliphatic heterocycles. The second kappa shape index (κ2) is 42.9. The number of nitrogens with zero attached hydrogens (tertiary/aromatic N) is 1. The Hall–Kier alpha value is -8.82. The molecule has 2 heterocycles. The fraction of sp³-hybridized carbons (Fsp3) is 0.723. The van der Waals surface area contributed by atoms with Gasteiger partial charge in [-0.25, -0.2) is 9.78 Å². The van der Waals surface area contributed by atoms with Gasteiger partial charge in [0.1, 0.15) is 72.5 Å². The highest BCUT2D eigenvalue weighted by atomic mass is 16.4. The van der Waals surface area contributed by atoms with Crippen molar-refractivity contribution in [2.75, 3.05) is 13.1 Å². The number of aliphatic carboxylic acids is 3. The topological polar surface area (TPSA) is 528 Å². The van der Waals surface area contributed by atoms with Gasteiger partial charge in [-0.2, -0.15) is 0 Å². The number of carboxylic acid groups (broad SMARTS) is 3. The quantitative estimate of drug-likeness (QED) is 0.0321. The maximum atomic E-state index is 14.3. The summed E-state index contributed by atoms with van der Waals surface area (Å²) in [5.74, 6) is -17.4.